The van der Waals surface area contributed by atoms with E-state index in [0.717, 1.165) is 38.6 Å². The zero-order chi connectivity index (χ0) is 17.0. The summed E-state index contributed by atoms with van der Waals surface area (Å²) < 4.78 is 27.0. The monoisotopic (exact) mass is 351 g/mol. The summed E-state index contributed by atoms with van der Waals surface area (Å²) in [6.45, 7) is 2.11. The lowest BCUT2D eigenvalue weighted by atomic mass is 10.1. The van der Waals surface area contributed by atoms with Gasteiger partial charge in [-0.15, -0.1) is 0 Å². The third-order valence-electron chi connectivity index (χ3n) is 4.66. The molecule has 2 heterocycles. The Bertz CT molecular complexity index is 678. The quantitative estimate of drug-likeness (QED) is 0.850. The van der Waals surface area contributed by atoms with Gasteiger partial charge in [-0.05, 0) is 50.4 Å². The maximum Gasteiger partial charge on any atom is 0.243 e. The van der Waals surface area contributed by atoms with Gasteiger partial charge in [0.15, 0.2) is 0 Å². The standard InChI is InChI=1S/C17H25N3O3S/c21-17(13-14-7-5-9-18-14)19-15-6-4-8-16(12-15)24(22,23)20-10-2-1-3-11-20/h4,6,8,12,14,18H,1-3,5,7,9-11,13H2,(H,19,21). The lowest BCUT2D eigenvalue weighted by molar-refractivity contribution is -0.116. The Hall–Kier alpha value is -1.44. The predicted molar refractivity (Wildman–Crippen MR) is 93.3 cm³/mol. The number of hydrogen-bond donors (Lipinski definition) is 2. The van der Waals surface area contributed by atoms with Gasteiger partial charge in [0.05, 0.1) is 4.90 Å². The third kappa shape index (κ3) is 4.15. The van der Waals surface area contributed by atoms with E-state index in [9.17, 15) is 13.2 Å². The average Bonchev–Trinajstić information content (AvgIpc) is 3.08. The summed E-state index contributed by atoms with van der Waals surface area (Å²) in [5.74, 6) is -0.0816. The van der Waals surface area contributed by atoms with E-state index in [1.807, 2.05) is 0 Å². The lowest BCUT2D eigenvalue weighted by Crippen LogP contribution is -2.35. The number of rotatable bonds is 5. The van der Waals surface area contributed by atoms with Crippen LogP contribution in [-0.4, -0.2) is 44.3 Å². The predicted octanol–water partition coefficient (Wildman–Crippen LogP) is 1.94. The molecule has 132 valence electrons. The molecule has 0 spiro atoms. The lowest BCUT2D eigenvalue weighted by Gasteiger charge is -2.26. The van der Waals surface area contributed by atoms with Gasteiger partial charge in [0.25, 0.3) is 0 Å². The fraction of sp³-hybridized carbons (Fsp3) is 0.588. The largest absolute Gasteiger partial charge is 0.326 e. The van der Waals surface area contributed by atoms with E-state index in [4.69, 9.17) is 0 Å². The normalized spacial score (nSPS) is 22.4. The molecule has 1 atom stereocenters. The van der Waals surface area contributed by atoms with Crippen LogP contribution in [0.3, 0.4) is 0 Å². The molecular weight excluding hydrogens is 326 g/mol. The fourth-order valence-corrected chi connectivity index (χ4v) is 4.92. The van der Waals surface area contributed by atoms with Crippen LogP contribution >= 0.6 is 0 Å². The number of sulfonamides is 1. The molecule has 2 fully saturated rings. The molecule has 2 saturated heterocycles. The smallest absolute Gasteiger partial charge is 0.243 e. The Morgan fingerprint density at radius 2 is 2.00 bits per heavy atom. The number of nitrogens with zero attached hydrogens (tertiary/aromatic N) is 1. The van der Waals surface area contributed by atoms with E-state index in [2.05, 4.69) is 10.6 Å². The Labute approximate surface area is 143 Å². The summed E-state index contributed by atoms with van der Waals surface area (Å²) in [5.41, 5.74) is 0.538. The van der Waals surface area contributed by atoms with Crippen LogP contribution in [0.2, 0.25) is 0 Å². The number of amides is 1. The first-order valence-electron chi connectivity index (χ1n) is 8.69. The number of hydrogen-bond acceptors (Lipinski definition) is 4. The molecule has 7 heteroatoms. The minimum absolute atomic E-state index is 0.0816. The first-order valence-corrected chi connectivity index (χ1v) is 10.1. The van der Waals surface area contributed by atoms with Crippen LogP contribution in [0.15, 0.2) is 29.2 Å². The first-order chi connectivity index (χ1) is 11.6. The van der Waals surface area contributed by atoms with Gasteiger partial charge < -0.3 is 10.6 Å². The Kier molecular flexibility index (Phi) is 5.53. The zero-order valence-corrected chi connectivity index (χ0v) is 14.6. The Morgan fingerprint density at radius 3 is 2.71 bits per heavy atom. The Morgan fingerprint density at radius 1 is 1.21 bits per heavy atom. The van der Waals surface area contributed by atoms with Gasteiger partial charge in [-0.1, -0.05) is 12.5 Å². The van der Waals surface area contributed by atoms with Crippen LogP contribution in [0, 0.1) is 0 Å². The zero-order valence-electron chi connectivity index (χ0n) is 13.8. The van der Waals surface area contributed by atoms with Gasteiger partial charge in [0.2, 0.25) is 15.9 Å². The van der Waals surface area contributed by atoms with Crippen LogP contribution in [0.4, 0.5) is 5.69 Å². The molecule has 1 aromatic carbocycles. The maximum atomic E-state index is 12.7. The average molecular weight is 351 g/mol. The highest BCUT2D eigenvalue weighted by Gasteiger charge is 2.26. The number of benzene rings is 1. The number of piperidine rings is 1. The van der Waals surface area contributed by atoms with Gasteiger partial charge in [-0.25, -0.2) is 8.42 Å². The summed E-state index contributed by atoms with van der Waals surface area (Å²) in [7, 11) is -3.47. The molecule has 0 aromatic heterocycles. The van der Waals surface area contributed by atoms with Gasteiger partial charge in [0, 0.05) is 31.2 Å². The van der Waals surface area contributed by atoms with Crippen LogP contribution in [0.5, 0.6) is 0 Å². The van der Waals surface area contributed by atoms with Crippen molar-refractivity contribution >= 4 is 21.6 Å². The molecule has 2 aliphatic rings. The molecular formula is C17H25N3O3S. The number of anilines is 1. The van der Waals surface area contributed by atoms with E-state index >= 15 is 0 Å². The molecule has 0 aliphatic carbocycles. The summed E-state index contributed by atoms with van der Waals surface area (Å²) in [5, 5.41) is 6.11. The number of carbonyl (C=O) groups is 1. The van der Waals surface area contributed by atoms with E-state index in [0.29, 0.717) is 25.2 Å². The van der Waals surface area contributed by atoms with Crippen molar-refractivity contribution in [2.75, 3.05) is 25.0 Å². The number of nitrogens with one attached hydrogen (secondary N) is 2. The Balaban J connectivity index is 1.67. The van der Waals surface area contributed by atoms with Crippen molar-refractivity contribution in [1.29, 1.82) is 0 Å². The topological polar surface area (TPSA) is 78.5 Å². The highest BCUT2D eigenvalue weighted by Crippen LogP contribution is 2.23. The van der Waals surface area contributed by atoms with Crippen LogP contribution in [0.1, 0.15) is 38.5 Å². The molecule has 0 bridgehead atoms. The summed E-state index contributed by atoms with van der Waals surface area (Å²) in [6.07, 6.45) is 5.42. The van der Waals surface area contributed by atoms with Gasteiger partial charge in [-0.3, -0.25) is 4.79 Å². The molecule has 0 radical (unpaired) electrons. The highest BCUT2D eigenvalue weighted by atomic mass is 32.2. The van der Waals surface area contributed by atoms with Crippen LogP contribution < -0.4 is 10.6 Å². The van der Waals surface area contributed by atoms with E-state index in [-0.39, 0.29) is 16.8 Å². The van der Waals surface area contributed by atoms with Gasteiger partial charge in [-0.2, -0.15) is 4.31 Å². The van der Waals surface area contributed by atoms with Crippen molar-refractivity contribution in [3.63, 3.8) is 0 Å². The van der Waals surface area contributed by atoms with Gasteiger partial charge >= 0.3 is 0 Å². The van der Waals surface area contributed by atoms with Crippen molar-refractivity contribution < 1.29 is 13.2 Å². The summed E-state index contributed by atoms with van der Waals surface area (Å²) in [6, 6.07) is 6.79. The minimum Gasteiger partial charge on any atom is -0.326 e. The second kappa shape index (κ2) is 7.63. The maximum absolute atomic E-state index is 12.7. The molecule has 6 nitrogen and oxygen atoms in total. The van der Waals surface area contributed by atoms with Crippen molar-refractivity contribution in [3.8, 4) is 0 Å². The molecule has 0 saturated carbocycles. The molecule has 2 aliphatic heterocycles. The summed E-state index contributed by atoms with van der Waals surface area (Å²) >= 11 is 0. The molecule has 1 unspecified atom stereocenters. The molecule has 24 heavy (non-hydrogen) atoms. The number of carbonyl (C=O) groups excluding carboxylic acids is 1. The fourth-order valence-electron chi connectivity index (χ4n) is 3.36. The minimum atomic E-state index is -3.47. The first kappa shape index (κ1) is 17.4. The second-order valence-corrected chi connectivity index (χ2v) is 8.48. The molecule has 2 N–H and O–H groups in total. The molecule has 1 aromatic rings. The third-order valence-corrected chi connectivity index (χ3v) is 6.56. The van der Waals surface area contributed by atoms with Crippen LogP contribution in [-0.2, 0) is 14.8 Å². The van der Waals surface area contributed by atoms with Crippen molar-refractivity contribution in [2.45, 2.75) is 49.5 Å². The second-order valence-electron chi connectivity index (χ2n) is 6.54. The van der Waals surface area contributed by atoms with Crippen molar-refractivity contribution in [3.05, 3.63) is 24.3 Å². The van der Waals surface area contributed by atoms with Crippen molar-refractivity contribution in [2.24, 2.45) is 0 Å². The summed E-state index contributed by atoms with van der Waals surface area (Å²) in [4.78, 5) is 12.4. The molecule has 1 amide bonds. The van der Waals surface area contributed by atoms with E-state index < -0.39 is 10.0 Å². The molecule has 3 rings (SSSR count). The SMILES string of the molecule is O=C(CC1CCCN1)Nc1cccc(S(=O)(=O)N2CCCCC2)c1. The van der Waals surface area contributed by atoms with E-state index in [1.165, 1.54) is 0 Å². The van der Waals surface area contributed by atoms with Gasteiger partial charge in [0.1, 0.15) is 0 Å². The van der Waals surface area contributed by atoms with Crippen LogP contribution in [0.25, 0.3) is 0 Å². The van der Waals surface area contributed by atoms with E-state index in [1.54, 1.807) is 28.6 Å². The highest BCUT2D eigenvalue weighted by molar-refractivity contribution is 7.89. The van der Waals surface area contributed by atoms with Crippen molar-refractivity contribution in [1.82, 2.24) is 9.62 Å².